The van der Waals surface area contributed by atoms with E-state index in [1.165, 1.54) is 13.2 Å². The molecule has 0 unspecified atom stereocenters. The number of carbonyl (C=O) groups excluding carboxylic acids is 1. The van der Waals surface area contributed by atoms with E-state index in [0.29, 0.717) is 5.75 Å². The number of esters is 1. The van der Waals surface area contributed by atoms with Crippen LogP contribution in [0.15, 0.2) is 42.5 Å². The SMILES string of the molecule is COc1ccccc1COC(=O)c1c(O)cccc1OC. The highest BCUT2D eigenvalue weighted by Crippen LogP contribution is 2.28. The average molecular weight is 288 g/mol. The van der Waals surface area contributed by atoms with Gasteiger partial charge in [-0.05, 0) is 18.2 Å². The smallest absolute Gasteiger partial charge is 0.346 e. The second-order valence-electron chi connectivity index (χ2n) is 4.24. The molecule has 110 valence electrons. The number of para-hydroxylation sites is 1. The molecule has 2 aromatic rings. The highest BCUT2D eigenvalue weighted by Gasteiger charge is 2.19. The molecular weight excluding hydrogens is 272 g/mol. The predicted molar refractivity (Wildman–Crippen MR) is 76.8 cm³/mol. The lowest BCUT2D eigenvalue weighted by Gasteiger charge is -2.11. The minimum Gasteiger partial charge on any atom is -0.507 e. The second kappa shape index (κ2) is 6.65. The van der Waals surface area contributed by atoms with Crippen molar-refractivity contribution in [2.24, 2.45) is 0 Å². The van der Waals surface area contributed by atoms with Crippen molar-refractivity contribution in [1.82, 2.24) is 0 Å². The van der Waals surface area contributed by atoms with Gasteiger partial charge in [-0.25, -0.2) is 4.79 Å². The van der Waals surface area contributed by atoms with Crippen LogP contribution in [0.25, 0.3) is 0 Å². The van der Waals surface area contributed by atoms with Crippen molar-refractivity contribution >= 4 is 5.97 Å². The maximum absolute atomic E-state index is 12.1. The van der Waals surface area contributed by atoms with E-state index in [1.807, 2.05) is 12.1 Å². The molecule has 0 radical (unpaired) electrons. The Bertz CT molecular complexity index is 636. The van der Waals surface area contributed by atoms with E-state index in [4.69, 9.17) is 14.2 Å². The molecule has 0 fully saturated rings. The first-order chi connectivity index (χ1) is 10.2. The first kappa shape index (κ1) is 14.7. The summed E-state index contributed by atoms with van der Waals surface area (Å²) in [6.07, 6.45) is 0. The molecule has 0 spiro atoms. The van der Waals surface area contributed by atoms with E-state index in [-0.39, 0.29) is 23.7 Å². The van der Waals surface area contributed by atoms with Crippen molar-refractivity contribution in [3.05, 3.63) is 53.6 Å². The van der Waals surface area contributed by atoms with Crippen LogP contribution in [0.5, 0.6) is 17.2 Å². The first-order valence-corrected chi connectivity index (χ1v) is 6.32. The van der Waals surface area contributed by atoms with Gasteiger partial charge in [0.15, 0.2) is 0 Å². The molecular formula is C16H16O5. The van der Waals surface area contributed by atoms with E-state index in [1.54, 1.807) is 31.4 Å². The molecule has 1 N–H and O–H groups in total. The zero-order valence-electron chi connectivity index (χ0n) is 11.8. The Hall–Kier alpha value is -2.69. The fraction of sp³-hybridized carbons (Fsp3) is 0.188. The lowest BCUT2D eigenvalue weighted by molar-refractivity contribution is 0.0463. The van der Waals surface area contributed by atoms with E-state index in [9.17, 15) is 9.90 Å². The molecule has 0 heterocycles. The van der Waals surface area contributed by atoms with Crippen LogP contribution >= 0.6 is 0 Å². The van der Waals surface area contributed by atoms with Gasteiger partial charge in [-0.3, -0.25) is 0 Å². The van der Waals surface area contributed by atoms with Crippen LogP contribution in [-0.2, 0) is 11.3 Å². The number of phenolic OH excluding ortho intramolecular Hbond substituents is 1. The summed E-state index contributed by atoms with van der Waals surface area (Å²) in [5.41, 5.74) is 0.748. The highest BCUT2D eigenvalue weighted by molar-refractivity contribution is 5.95. The Kier molecular flexibility index (Phi) is 4.66. The molecule has 21 heavy (non-hydrogen) atoms. The molecule has 0 bridgehead atoms. The standard InChI is InChI=1S/C16H16O5/c1-19-13-8-4-3-6-11(13)10-21-16(18)15-12(17)7-5-9-14(15)20-2/h3-9,17H,10H2,1-2H3. The van der Waals surface area contributed by atoms with Crippen molar-refractivity contribution in [1.29, 1.82) is 0 Å². The molecule has 2 rings (SSSR count). The van der Waals surface area contributed by atoms with E-state index >= 15 is 0 Å². The van der Waals surface area contributed by atoms with Gasteiger partial charge in [0.05, 0.1) is 14.2 Å². The molecule has 0 aliphatic heterocycles. The van der Waals surface area contributed by atoms with Gasteiger partial charge < -0.3 is 19.3 Å². The summed E-state index contributed by atoms with van der Waals surface area (Å²) in [5, 5.41) is 9.79. The molecule has 2 aromatic carbocycles. The van der Waals surface area contributed by atoms with Crippen LogP contribution in [0, 0.1) is 0 Å². The summed E-state index contributed by atoms with van der Waals surface area (Å²) in [4.78, 5) is 12.1. The molecule has 0 saturated heterocycles. The van der Waals surface area contributed by atoms with E-state index in [2.05, 4.69) is 0 Å². The number of benzene rings is 2. The average Bonchev–Trinajstić information content (AvgIpc) is 2.52. The Balaban J connectivity index is 2.16. The minimum absolute atomic E-state index is 0.00916. The topological polar surface area (TPSA) is 65.0 Å². The molecule has 0 aromatic heterocycles. The summed E-state index contributed by atoms with van der Waals surface area (Å²) in [6.45, 7) is 0.0420. The van der Waals surface area contributed by atoms with Gasteiger partial charge in [0.2, 0.25) is 0 Å². The Morgan fingerprint density at radius 3 is 2.38 bits per heavy atom. The number of aromatic hydroxyl groups is 1. The quantitative estimate of drug-likeness (QED) is 0.857. The second-order valence-corrected chi connectivity index (χ2v) is 4.24. The van der Waals surface area contributed by atoms with Crippen molar-refractivity contribution < 1.29 is 24.1 Å². The van der Waals surface area contributed by atoms with Crippen LogP contribution in [0.3, 0.4) is 0 Å². The van der Waals surface area contributed by atoms with Crippen LogP contribution in [0.1, 0.15) is 15.9 Å². The van der Waals surface area contributed by atoms with Gasteiger partial charge in [0, 0.05) is 5.56 Å². The third kappa shape index (κ3) is 3.25. The zero-order chi connectivity index (χ0) is 15.2. The van der Waals surface area contributed by atoms with Gasteiger partial charge >= 0.3 is 5.97 Å². The Morgan fingerprint density at radius 1 is 1.00 bits per heavy atom. The van der Waals surface area contributed by atoms with Crippen LogP contribution in [0.4, 0.5) is 0 Å². The van der Waals surface area contributed by atoms with E-state index in [0.717, 1.165) is 5.56 Å². The number of rotatable bonds is 5. The fourth-order valence-corrected chi connectivity index (χ4v) is 1.93. The number of hydrogen-bond donors (Lipinski definition) is 1. The van der Waals surface area contributed by atoms with Crippen molar-refractivity contribution in [3.63, 3.8) is 0 Å². The molecule has 0 amide bonds. The summed E-state index contributed by atoms with van der Waals surface area (Å²) in [7, 11) is 2.97. The number of ether oxygens (including phenoxy) is 3. The summed E-state index contributed by atoms with van der Waals surface area (Å²) < 4.78 is 15.5. The van der Waals surface area contributed by atoms with Crippen LogP contribution < -0.4 is 9.47 Å². The summed E-state index contributed by atoms with van der Waals surface area (Å²) in [5.74, 6) is 0.0600. The van der Waals surface area contributed by atoms with E-state index < -0.39 is 5.97 Å². The number of hydrogen-bond acceptors (Lipinski definition) is 5. The summed E-state index contributed by atoms with van der Waals surface area (Å²) in [6, 6.07) is 11.8. The van der Waals surface area contributed by atoms with Gasteiger partial charge in [-0.1, -0.05) is 24.3 Å². The van der Waals surface area contributed by atoms with Gasteiger partial charge in [0.25, 0.3) is 0 Å². The molecule has 0 aliphatic carbocycles. The van der Waals surface area contributed by atoms with Gasteiger partial charge in [-0.15, -0.1) is 0 Å². The molecule has 5 nitrogen and oxygen atoms in total. The monoisotopic (exact) mass is 288 g/mol. The van der Waals surface area contributed by atoms with Gasteiger partial charge in [0.1, 0.15) is 29.4 Å². The molecule has 5 heteroatoms. The maximum Gasteiger partial charge on any atom is 0.346 e. The van der Waals surface area contributed by atoms with Crippen molar-refractivity contribution in [2.75, 3.05) is 14.2 Å². The normalized spacial score (nSPS) is 10.0. The third-order valence-electron chi connectivity index (χ3n) is 2.98. The van der Waals surface area contributed by atoms with Crippen LogP contribution in [-0.4, -0.2) is 25.3 Å². The van der Waals surface area contributed by atoms with Crippen molar-refractivity contribution in [2.45, 2.75) is 6.61 Å². The van der Waals surface area contributed by atoms with Crippen LogP contribution in [0.2, 0.25) is 0 Å². The van der Waals surface area contributed by atoms with Crippen molar-refractivity contribution in [3.8, 4) is 17.2 Å². The lowest BCUT2D eigenvalue weighted by atomic mass is 10.1. The first-order valence-electron chi connectivity index (χ1n) is 6.32. The third-order valence-corrected chi connectivity index (χ3v) is 2.98. The largest absolute Gasteiger partial charge is 0.507 e. The lowest BCUT2D eigenvalue weighted by Crippen LogP contribution is -2.08. The maximum atomic E-state index is 12.1. The predicted octanol–water partition coefficient (Wildman–Crippen LogP) is 2.77. The molecule has 0 atom stereocenters. The van der Waals surface area contributed by atoms with Gasteiger partial charge in [-0.2, -0.15) is 0 Å². The molecule has 0 saturated carbocycles. The summed E-state index contributed by atoms with van der Waals surface area (Å²) >= 11 is 0. The Labute approximate surface area is 122 Å². The Morgan fingerprint density at radius 2 is 1.67 bits per heavy atom. The fourth-order valence-electron chi connectivity index (χ4n) is 1.93. The minimum atomic E-state index is -0.657. The number of carbonyl (C=O) groups is 1. The zero-order valence-corrected chi connectivity index (χ0v) is 11.8. The molecule has 0 aliphatic rings. The number of methoxy groups -OCH3 is 2. The number of phenols is 1. The highest BCUT2D eigenvalue weighted by atomic mass is 16.5.